The second kappa shape index (κ2) is 4.18. The Balaban J connectivity index is 2.01. The fourth-order valence-corrected chi connectivity index (χ4v) is 3.06. The molecule has 3 aromatic heterocycles. The van der Waals surface area contributed by atoms with Crippen molar-refractivity contribution in [3.8, 4) is 11.4 Å². The number of aromatic amines is 1. The third-order valence-corrected chi connectivity index (χ3v) is 3.88. The summed E-state index contributed by atoms with van der Waals surface area (Å²) in [6.07, 6.45) is 3.78. The minimum Gasteiger partial charge on any atom is -0.338 e. The monoisotopic (exact) mass is 326 g/mol. The number of hydrogen-bond donors (Lipinski definition) is 1. The Hall–Kier alpha value is -2.14. The topological polar surface area (TPSA) is 46.0 Å². The third kappa shape index (κ3) is 1.67. The molecule has 0 spiro atoms. The van der Waals surface area contributed by atoms with E-state index in [-0.39, 0.29) is 0 Å². The van der Waals surface area contributed by atoms with Gasteiger partial charge in [-0.05, 0) is 36.8 Å². The molecule has 3 heterocycles. The molecule has 0 unspecified atom stereocenters. The summed E-state index contributed by atoms with van der Waals surface area (Å²) in [6, 6.07) is 10.1. The van der Waals surface area contributed by atoms with Crippen molar-refractivity contribution in [3.05, 3.63) is 52.8 Å². The number of pyridine rings is 1. The van der Waals surface area contributed by atoms with Gasteiger partial charge in [0.2, 0.25) is 0 Å². The summed E-state index contributed by atoms with van der Waals surface area (Å²) < 4.78 is 2.91. The molecule has 0 fully saturated rings. The van der Waals surface area contributed by atoms with Crippen LogP contribution >= 0.6 is 15.9 Å². The first-order valence-corrected chi connectivity index (χ1v) is 7.10. The smallest absolute Gasteiger partial charge is 0.142 e. The summed E-state index contributed by atoms with van der Waals surface area (Å²) in [5, 5.41) is 4.35. The lowest BCUT2D eigenvalue weighted by molar-refractivity contribution is 0.961. The number of nitrogens with zero attached hydrogens (tertiary/aromatic N) is 3. The van der Waals surface area contributed by atoms with E-state index in [9.17, 15) is 0 Å². The average Bonchev–Trinajstić information content (AvgIpc) is 3.01. The molecule has 0 amide bonds. The number of aromatic nitrogens is 4. The molecule has 1 aromatic carbocycles. The average molecular weight is 327 g/mol. The standard InChI is InChI=1S/C15H11BrN4/c1-9-6-10(16)7-12-14(9)19-15(18-12)11-8-17-20-5-3-2-4-13(11)20/h2-8H,1H3,(H,18,19). The number of H-pyrrole nitrogens is 1. The Labute approximate surface area is 123 Å². The molecule has 0 saturated heterocycles. The van der Waals surface area contributed by atoms with Crippen LogP contribution in [0.3, 0.4) is 0 Å². The van der Waals surface area contributed by atoms with Crippen molar-refractivity contribution < 1.29 is 0 Å². The van der Waals surface area contributed by atoms with Crippen molar-refractivity contribution >= 4 is 32.5 Å². The Morgan fingerprint density at radius 1 is 1.25 bits per heavy atom. The Morgan fingerprint density at radius 3 is 3.05 bits per heavy atom. The fraction of sp³-hybridized carbons (Fsp3) is 0.0667. The minimum absolute atomic E-state index is 0.849. The Bertz CT molecular complexity index is 936. The van der Waals surface area contributed by atoms with Crippen LogP contribution < -0.4 is 0 Å². The molecule has 0 bridgehead atoms. The molecular formula is C15H11BrN4. The van der Waals surface area contributed by atoms with E-state index in [0.29, 0.717) is 0 Å². The predicted molar refractivity (Wildman–Crippen MR) is 82.7 cm³/mol. The van der Waals surface area contributed by atoms with Gasteiger partial charge in [-0.25, -0.2) is 9.50 Å². The van der Waals surface area contributed by atoms with E-state index in [0.717, 1.165) is 38.0 Å². The van der Waals surface area contributed by atoms with Gasteiger partial charge in [-0.2, -0.15) is 5.10 Å². The number of fused-ring (bicyclic) bond motifs is 2. The zero-order valence-corrected chi connectivity index (χ0v) is 12.3. The van der Waals surface area contributed by atoms with Crippen molar-refractivity contribution in [1.29, 1.82) is 0 Å². The number of imidazole rings is 1. The first kappa shape index (κ1) is 11.7. The van der Waals surface area contributed by atoms with Crippen molar-refractivity contribution in [3.63, 3.8) is 0 Å². The highest BCUT2D eigenvalue weighted by atomic mass is 79.9. The van der Waals surface area contributed by atoms with E-state index >= 15 is 0 Å². The normalized spacial score (nSPS) is 11.5. The maximum absolute atomic E-state index is 4.72. The van der Waals surface area contributed by atoms with Crippen LogP contribution in [0.25, 0.3) is 27.9 Å². The first-order chi connectivity index (χ1) is 9.72. The number of hydrogen-bond acceptors (Lipinski definition) is 2. The molecule has 0 saturated carbocycles. The lowest BCUT2D eigenvalue weighted by atomic mass is 10.2. The summed E-state index contributed by atoms with van der Waals surface area (Å²) in [5.41, 5.74) is 5.23. The van der Waals surface area contributed by atoms with Gasteiger partial charge in [0.05, 0.1) is 28.3 Å². The molecule has 4 rings (SSSR count). The van der Waals surface area contributed by atoms with Crippen molar-refractivity contribution in [2.24, 2.45) is 0 Å². The number of rotatable bonds is 1. The molecular weight excluding hydrogens is 316 g/mol. The van der Waals surface area contributed by atoms with Gasteiger partial charge in [0.15, 0.2) is 0 Å². The largest absolute Gasteiger partial charge is 0.338 e. The van der Waals surface area contributed by atoms with Crippen LogP contribution in [0.4, 0.5) is 0 Å². The number of nitrogens with one attached hydrogen (secondary N) is 1. The van der Waals surface area contributed by atoms with Crippen LogP contribution in [0.1, 0.15) is 5.56 Å². The van der Waals surface area contributed by atoms with Crippen LogP contribution in [0.15, 0.2) is 47.2 Å². The van der Waals surface area contributed by atoms with Gasteiger partial charge in [0.1, 0.15) is 5.82 Å². The van der Waals surface area contributed by atoms with Gasteiger partial charge in [0.25, 0.3) is 0 Å². The summed E-state index contributed by atoms with van der Waals surface area (Å²) >= 11 is 3.52. The first-order valence-electron chi connectivity index (χ1n) is 6.31. The molecule has 1 N–H and O–H groups in total. The molecule has 0 atom stereocenters. The van der Waals surface area contributed by atoms with E-state index in [1.807, 2.05) is 41.2 Å². The van der Waals surface area contributed by atoms with Gasteiger partial charge in [0, 0.05) is 10.7 Å². The highest BCUT2D eigenvalue weighted by Crippen LogP contribution is 2.27. The molecule has 0 aliphatic carbocycles. The number of halogens is 1. The van der Waals surface area contributed by atoms with Crippen LogP contribution in [0.2, 0.25) is 0 Å². The Morgan fingerprint density at radius 2 is 2.15 bits per heavy atom. The maximum atomic E-state index is 4.72. The zero-order chi connectivity index (χ0) is 13.7. The van der Waals surface area contributed by atoms with Crippen LogP contribution in [0, 0.1) is 6.92 Å². The quantitative estimate of drug-likeness (QED) is 0.575. The number of aryl methyl sites for hydroxylation is 1. The molecule has 98 valence electrons. The van der Waals surface area contributed by atoms with E-state index < -0.39 is 0 Å². The summed E-state index contributed by atoms with van der Waals surface area (Å²) in [4.78, 5) is 8.09. The van der Waals surface area contributed by atoms with Gasteiger partial charge in [-0.15, -0.1) is 0 Å². The van der Waals surface area contributed by atoms with Gasteiger partial charge < -0.3 is 4.98 Å². The maximum Gasteiger partial charge on any atom is 0.142 e. The second-order valence-electron chi connectivity index (χ2n) is 4.79. The van der Waals surface area contributed by atoms with E-state index in [1.54, 1.807) is 0 Å². The molecule has 4 aromatic rings. The van der Waals surface area contributed by atoms with Crippen LogP contribution in [-0.4, -0.2) is 19.6 Å². The van der Waals surface area contributed by atoms with Crippen LogP contribution in [-0.2, 0) is 0 Å². The summed E-state index contributed by atoms with van der Waals surface area (Å²) in [5.74, 6) is 0.849. The molecule has 20 heavy (non-hydrogen) atoms. The predicted octanol–water partition coefficient (Wildman–Crippen LogP) is 3.95. The molecule has 0 aliphatic heterocycles. The van der Waals surface area contributed by atoms with Crippen LogP contribution in [0.5, 0.6) is 0 Å². The molecule has 0 radical (unpaired) electrons. The minimum atomic E-state index is 0.849. The van der Waals surface area contributed by atoms with E-state index in [1.165, 1.54) is 0 Å². The molecule has 0 aliphatic rings. The number of benzene rings is 1. The molecule has 5 heteroatoms. The van der Waals surface area contributed by atoms with Crippen molar-refractivity contribution in [1.82, 2.24) is 19.6 Å². The van der Waals surface area contributed by atoms with Gasteiger partial charge in [-0.1, -0.05) is 22.0 Å². The van der Waals surface area contributed by atoms with E-state index in [4.69, 9.17) is 4.98 Å². The van der Waals surface area contributed by atoms with Crippen molar-refractivity contribution in [2.75, 3.05) is 0 Å². The van der Waals surface area contributed by atoms with Gasteiger partial charge >= 0.3 is 0 Å². The summed E-state index contributed by atoms with van der Waals surface area (Å²) in [6.45, 7) is 2.06. The fourth-order valence-electron chi connectivity index (χ4n) is 2.49. The SMILES string of the molecule is Cc1cc(Br)cc2[nH]c(-c3cnn4ccccc34)nc12. The lowest BCUT2D eigenvalue weighted by Crippen LogP contribution is -1.84. The lowest BCUT2D eigenvalue weighted by Gasteiger charge is -1.94. The Kier molecular flexibility index (Phi) is 2.44. The molecule has 4 nitrogen and oxygen atoms in total. The summed E-state index contributed by atoms with van der Waals surface area (Å²) in [7, 11) is 0. The van der Waals surface area contributed by atoms with Crippen molar-refractivity contribution in [2.45, 2.75) is 6.92 Å². The third-order valence-electron chi connectivity index (χ3n) is 3.42. The zero-order valence-electron chi connectivity index (χ0n) is 10.8. The van der Waals surface area contributed by atoms with Gasteiger partial charge in [-0.3, -0.25) is 0 Å². The second-order valence-corrected chi connectivity index (χ2v) is 5.71. The van der Waals surface area contributed by atoms with E-state index in [2.05, 4.69) is 39.0 Å². The highest BCUT2D eigenvalue weighted by Gasteiger charge is 2.12. The highest BCUT2D eigenvalue weighted by molar-refractivity contribution is 9.10.